The Balaban J connectivity index is 1.41. The number of nitrogens with one attached hydrogen (secondary N) is 3. The second-order valence-electron chi connectivity index (χ2n) is 7.09. The normalized spacial score (nSPS) is 21.1. The number of hydrogen-bond donors (Lipinski definition) is 3. The van der Waals surface area contributed by atoms with E-state index in [2.05, 4.69) is 15.6 Å². The van der Waals surface area contributed by atoms with E-state index in [1.165, 1.54) is 6.07 Å². The van der Waals surface area contributed by atoms with Crippen LogP contribution in [0.5, 0.6) is 5.75 Å². The van der Waals surface area contributed by atoms with Gasteiger partial charge in [-0.15, -0.1) is 0 Å². The molecule has 2 unspecified atom stereocenters. The van der Waals surface area contributed by atoms with Crippen molar-refractivity contribution >= 4 is 6.03 Å². The van der Waals surface area contributed by atoms with Gasteiger partial charge in [-0.05, 0) is 55.4 Å². The molecule has 6 nitrogen and oxygen atoms in total. The molecule has 26 heavy (non-hydrogen) atoms. The van der Waals surface area contributed by atoms with Gasteiger partial charge in [-0.3, -0.25) is 4.79 Å². The zero-order chi connectivity index (χ0) is 18.1. The number of urea groups is 1. The van der Waals surface area contributed by atoms with Crippen LogP contribution in [-0.2, 0) is 12.8 Å². The molecule has 0 fully saturated rings. The van der Waals surface area contributed by atoms with Crippen LogP contribution < -0.4 is 20.9 Å². The van der Waals surface area contributed by atoms with Crippen molar-refractivity contribution in [2.45, 2.75) is 44.7 Å². The minimum Gasteiger partial charge on any atom is -0.491 e. The van der Waals surface area contributed by atoms with Gasteiger partial charge in [-0.1, -0.05) is 18.2 Å². The summed E-state index contributed by atoms with van der Waals surface area (Å²) in [4.78, 5) is 26.9. The van der Waals surface area contributed by atoms with Crippen molar-refractivity contribution in [1.82, 2.24) is 15.6 Å². The fourth-order valence-electron chi connectivity index (χ4n) is 3.92. The molecule has 2 heterocycles. The van der Waals surface area contributed by atoms with Gasteiger partial charge in [-0.2, -0.15) is 0 Å². The van der Waals surface area contributed by atoms with E-state index in [0.29, 0.717) is 6.61 Å². The summed E-state index contributed by atoms with van der Waals surface area (Å²) >= 11 is 0. The zero-order valence-corrected chi connectivity index (χ0v) is 14.8. The van der Waals surface area contributed by atoms with E-state index in [9.17, 15) is 9.59 Å². The third kappa shape index (κ3) is 3.31. The maximum absolute atomic E-state index is 12.5. The SMILES string of the molecule is Cc1cccc2c1OCC(NC(=O)NC1CCCc3[nH]c(=O)ccc31)C2. The van der Waals surface area contributed by atoms with Crippen LogP contribution in [0, 0.1) is 6.92 Å². The molecule has 0 saturated heterocycles. The molecule has 1 aromatic carbocycles. The first-order valence-corrected chi connectivity index (χ1v) is 9.10. The Morgan fingerprint density at radius 2 is 2.12 bits per heavy atom. The van der Waals surface area contributed by atoms with Gasteiger partial charge in [0.2, 0.25) is 5.56 Å². The maximum atomic E-state index is 12.5. The first kappa shape index (κ1) is 16.7. The summed E-state index contributed by atoms with van der Waals surface area (Å²) in [7, 11) is 0. The average molecular weight is 353 g/mol. The van der Waals surface area contributed by atoms with Crippen molar-refractivity contribution in [3.8, 4) is 5.75 Å². The fraction of sp³-hybridized carbons (Fsp3) is 0.400. The third-order valence-corrected chi connectivity index (χ3v) is 5.16. The van der Waals surface area contributed by atoms with E-state index in [1.807, 2.05) is 31.2 Å². The van der Waals surface area contributed by atoms with E-state index in [-0.39, 0.29) is 23.7 Å². The van der Waals surface area contributed by atoms with E-state index in [0.717, 1.165) is 53.8 Å². The molecule has 6 heteroatoms. The molecule has 136 valence electrons. The van der Waals surface area contributed by atoms with Gasteiger partial charge in [0.25, 0.3) is 0 Å². The van der Waals surface area contributed by atoms with Gasteiger partial charge in [0.15, 0.2) is 0 Å². The van der Waals surface area contributed by atoms with Gasteiger partial charge >= 0.3 is 6.03 Å². The van der Waals surface area contributed by atoms with Gasteiger partial charge in [0.05, 0.1) is 12.1 Å². The highest BCUT2D eigenvalue weighted by atomic mass is 16.5. The smallest absolute Gasteiger partial charge is 0.315 e. The average Bonchev–Trinajstić information content (AvgIpc) is 2.61. The van der Waals surface area contributed by atoms with Gasteiger partial charge in [-0.25, -0.2) is 4.79 Å². The summed E-state index contributed by atoms with van der Waals surface area (Å²) in [6.07, 6.45) is 3.42. The molecule has 3 N–H and O–H groups in total. The van der Waals surface area contributed by atoms with Gasteiger partial charge < -0.3 is 20.4 Å². The molecular weight excluding hydrogens is 330 g/mol. The standard InChI is InChI=1S/C20H23N3O3/c1-12-4-2-5-13-10-14(11-26-19(12)13)21-20(25)23-17-7-3-6-16-15(17)8-9-18(24)22-16/h2,4-5,8-9,14,17H,3,6-7,10-11H2,1H3,(H,22,24)(H2,21,23,25). The number of ether oxygens (including phenoxy) is 1. The molecule has 1 aromatic heterocycles. The van der Waals surface area contributed by atoms with E-state index in [1.54, 1.807) is 0 Å². The lowest BCUT2D eigenvalue weighted by Crippen LogP contribution is -2.48. The van der Waals surface area contributed by atoms with Crippen molar-refractivity contribution < 1.29 is 9.53 Å². The van der Waals surface area contributed by atoms with Crippen LogP contribution in [0.25, 0.3) is 0 Å². The highest BCUT2D eigenvalue weighted by Gasteiger charge is 2.25. The quantitative estimate of drug-likeness (QED) is 0.775. The second kappa shape index (κ2) is 6.86. The number of aryl methyl sites for hydroxylation is 2. The van der Waals surface area contributed by atoms with Crippen LogP contribution in [0.4, 0.5) is 4.79 Å². The number of carbonyl (C=O) groups is 1. The minimum atomic E-state index is -0.196. The number of fused-ring (bicyclic) bond motifs is 2. The Hall–Kier alpha value is -2.76. The number of amides is 2. The first-order valence-electron chi connectivity index (χ1n) is 9.10. The fourth-order valence-corrected chi connectivity index (χ4v) is 3.92. The van der Waals surface area contributed by atoms with Crippen molar-refractivity contribution in [1.29, 1.82) is 0 Å². The maximum Gasteiger partial charge on any atom is 0.315 e. The first-order chi connectivity index (χ1) is 12.6. The van der Waals surface area contributed by atoms with Crippen LogP contribution in [0.1, 0.15) is 41.3 Å². The van der Waals surface area contributed by atoms with Gasteiger partial charge in [0.1, 0.15) is 12.4 Å². The number of aromatic nitrogens is 1. The van der Waals surface area contributed by atoms with Crippen LogP contribution in [0.15, 0.2) is 35.1 Å². The predicted molar refractivity (Wildman–Crippen MR) is 98.6 cm³/mol. The topological polar surface area (TPSA) is 83.2 Å². The lowest BCUT2D eigenvalue weighted by Gasteiger charge is -2.29. The summed E-state index contributed by atoms with van der Waals surface area (Å²) in [6, 6.07) is 9.11. The molecule has 2 atom stereocenters. The molecule has 0 radical (unpaired) electrons. The number of pyridine rings is 1. The number of H-pyrrole nitrogens is 1. The summed E-state index contributed by atoms with van der Waals surface area (Å²) < 4.78 is 5.84. The lowest BCUT2D eigenvalue weighted by atomic mass is 9.91. The predicted octanol–water partition coefficient (Wildman–Crippen LogP) is 2.36. The molecule has 2 aliphatic rings. The van der Waals surface area contributed by atoms with Crippen LogP contribution >= 0.6 is 0 Å². The van der Waals surface area contributed by atoms with Crippen molar-refractivity contribution in [3.05, 3.63) is 63.1 Å². The van der Waals surface area contributed by atoms with Crippen LogP contribution in [-0.4, -0.2) is 23.7 Å². The Kier molecular flexibility index (Phi) is 4.41. The summed E-state index contributed by atoms with van der Waals surface area (Å²) in [6.45, 7) is 2.50. The van der Waals surface area contributed by atoms with E-state index < -0.39 is 0 Å². The number of para-hydroxylation sites is 1. The van der Waals surface area contributed by atoms with Crippen molar-refractivity contribution in [3.63, 3.8) is 0 Å². The number of hydrogen-bond acceptors (Lipinski definition) is 3. The third-order valence-electron chi connectivity index (χ3n) is 5.16. The molecule has 2 aromatic rings. The molecular formula is C20H23N3O3. The highest BCUT2D eigenvalue weighted by Crippen LogP contribution is 2.29. The Morgan fingerprint density at radius 3 is 3.00 bits per heavy atom. The number of benzene rings is 1. The number of rotatable bonds is 2. The zero-order valence-electron chi connectivity index (χ0n) is 14.8. The van der Waals surface area contributed by atoms with Gasteiger partial charge in [0, 0.05) is 11.8 Å². The number of carbonyl (C=O) groups excluding carboxylic acids is 1. The molecule has 2 amide bonds. The lowest BCUT2D eigenvalue weighted by molar-refractivity contribution is 0.210. The molecule has 1 aliphatic carbocycles. The summed E-state index contributed by atoms with van der Waals surface area (Å²) in [5, 5.41) is 6.07. The van der Waals surface area contributed by atoms with Crippen LogP contribution in [0.3, 0.4) is 0 Å². The Bertz CT molecular complexity index is 890. The summed E-state index contributed by atoms with van der Waals surface area (Å²) in [5.41, 5.74) is 4.09. The monoisotopic (exact) mass is 353 g/mol. The molecule has 0 spiro atoms. The second-order valence-corrected chi connectivity index (χ2v) is 7.09. The minimum absolute atomic E-state index is 0.0528. The largest absolute Gasteiger partial charge is 0.491 e. The molecule has 4 rings (SSSR count). The van der Waals surface area contributed by atoms with Crippen molar-refractivity contribution in [2.75, 3.05) is 6.61 Å². The molecule has 1 aliphatic heterocycles. The van der Waals surface area contributed by atoms with Crippen molar-refractivity contribution in [2.24, 2.45) is 0 Å². The molecule has 0 saturated carbocycles. The Labute approximate surface area is 152 Å². The number of aromatic amines is 1. The van der Waals surface area contributed by atoms with Crippen LogP contribution in [0.2, 0.25) is 0 Å². The Morgan fingerprint density at radius 1 is 1.23 bits per heavy atom. The summed E-state index contributed by atoms with van der Waals surface area (Å²) in [5.74, 6) is 0.941. The van der Waals surface area contributed by atoms with E-state index in [4.69, 9.17) is 4.74 Å². The molecule has 0 bridgehead atoms. The van der Waals surface area contributed by atoms with E-state index >= 15 is 0 Å². The highest BCUT2D eigenvalue weighted by molar-refractivity contribution is 5.75.